The maximum Gasteiger partial charge on any atom is 0.220 e. The third kappa shape index (κ3) is 5.46. The van der Waals surface area contributed by atoms with E-state index in [9.17, 15) is 4.79 Å². The van der Waals surface area contributed by atoms with Gasteiger partial charge < -0.3 is 10.2 Å². The van der Waals surface area contributed by atoms with Crippen molar-refractivity contribution in [3.63, 3.8) is 0 Å². The van der Waals surface area contributed by atoms with E-state index in [-0.39, 0.29) is 11.9 Å². The molecular formula is C17H27N3O. The standard InChI is InChI=1S/C17H27N3O/c1-2-16(15-8-10-18-11-9-15)19-17(21)7-6-14-20-12-4-3-5-13-20/h8-11,16H,2-7,12-14H2,1H3,(H,19,21)/t16-/m0/s1. The van der Waals surface area contributed by atoms with Crippen LogP contribution in [-0.4, -0.2) is 35.4 Å². The molecule has 4 heteroatoms. The van der Waals surface area contributed by atoms with Crippen LogP contribution in [0.5, 0.6) is 0 Å². The van der Waals surface area contributed by atoms with E-state index in [4.69, 9.17) is 0 Å². The van der Waals surface area contributed by atoms with E-state index in [1.807, 2.05) is 12.1 Å². The highest BCUT2D eigenvalue weighted by atomic mass is 16.1. The minimum absolute atomic E-state index is 0.107. The Morgan fingerprint density at radius 2 is 2.00 bits per heavy atom. The minimum atomic E-state index is 0.107. The highest BCUT2D eigenvalue weighted by molar-refractivity contribution is 5.76. The Hall–Kier alpha value is -1.42. The van der Waals surface area contributed by atoms with Gasteiger partial charge in [0.25, 0.3) is 0 Å². The lowest BCUT2D eigenvalue weighted by Gasteiger charge is -2.26. The number of nitrogens with one attached hydrogen (secondary N) is 1. The lowest BCUT2D eigenvalue weighted by molar-refractivity contribution is -0.122. The van der Waals surface area contributed by atoms with Gasteiger partial charge in [-0.25, -0.2) is 0 Å². The summed E-state index contributed by atoms with van der Waals surface area (Å²) in [7, 11) is 0. The maximum absolute atomic E-state index is 12.1. The minimum Gasteiger partial charge on any atom is -0.349 e. The Morgan fingerprint density at radius 3 is 2.67 bits per heavy atom. The Balaban J connectivity index is 1.70. The molecule has 1 saturated heterocycles. The first-order valence-corrected chi connectivity index (χ1v) is 8.21. The predicted molar refractivity (Wildman–Crippen MR) is 84.9 cm³/mol. The number of nitrogens with zero attached hydrogens (tertiary/aromatic N) is 2. The molecule has 0 saturated carbocycles. The number of pyridine rings is 1. The summed E-state index contributed by atoms with van der Waals surface area (Å²) in [5.41, 5.74) is 1.14. The second-order valence-electron chi connectivity index (χ2n) is 5.81. The van der Waals surface area contributed by atoms with Gasteiger partial charge in [0.05, 0.1) is 6.04 Å². The molecule has 0 spiro atoms. The first-order valence-electron chi connectivity index (χ1n) is 8.21. The third-order valence-corrected chi connectivity index (χ3v) is 4.18. The molecule has 0 radical (unpaired) electrons. The van der Waals surface area contributed by atoms with Crippen LogP contribution >= 0.6 is 0 Å². The summed E-state index contributed by atoms with van der Waals surface area (Å²) in [6, 6.07) is 4.06. The average molecular weight is 289 g/mol. The molecule has 4 nitrogen and oxygen atoms in total. The first kappa shape index (κ1) is 16.0. The number of carbonyl (C=O) groups excluding carboxylic acids is 1. The lowest BCUT2D eigenvalue weighted by Crippen LogP contribution is -2.32. The molecule has 1 N–H and O–H groups in total. The SMILES string of the molecule is CC[C@H](NC(=O)CCCN1CCCCC1)c1ccncc1. The zero-order chi connectivity index (χ0) is 14.9. The molecule has 2 heterocycles. The van der Waals surface area contributed by atoms with Crippen LogP contribution < -0.4 is 5.32 Å². The normalized spacial score (nSPS) is 17.4. The number of aromatic nitrogens is 1. The van der Waals surface area contributed by atoms with Gasteiger partial charge in [-0.1, -0.05) is 13.3 Å². The summed E-state index contributed by atoms with van der Waals surface area (Å²) in [6.07, 6.45) is 10.0. The van der Waals surface area contributed by atoms with Crippen molar-refractivity contribution in [1.29, 1.82) is 0 Å². The van der Waals surface area contributed by atoms with Gasteiger partial charge in [-0.3, -0.25) is 9.78 Å². The monoisotopic (exact) mass is 289 g/mol. The van der Waals surface area contributed by atoms with Crippen molar-refractivity contribution in [2.24, 2.45) is 0 Å². The molecule has 1 atom stereocenters. The van der Waals surface area contributed by atoms with E-state index >= 15 is 0 Å². The second kappa shape index (κ2) is 8.78. The van der Waals surface area contributed by atoms with Crippen LogP contribution in [0.25, 0.3) is 0 Å². The molecule has 1 aliphatic rings. The smallest absolute Gasteiger partial charge is 0.220 e. The summed E-state index contributed by atoms with van der Waals surface area (Å²) < 4.78 is 0. The fraction of sp³-hybridized carbons (Fsp3) is 0.647. The van der Waals surface area contributed by atoms with E-state index < -0.39 is 0 Å². The van der Waals surface area contributed by atoms with Gasteiger partial charge in [0.15, 0.2) is 0 Å². The number of piperidine rings is 1. The van der Waals surface area contributed by atoms with Crippen molar-refractivity contribution < 1.29 is 4.79 Å². The highest BCUT2D eigenvalue weighted by Gasteiger charge is 2.13. The van der Waals surface area contributed by atoms with Gasteiger partial charge in [-0.15, -0.1) is 0 Å². The zero-order valence-electron chi connectivity index (χ0n) is 13.1. The molecule has 0 aromatic carbocycles. The quantitative estimate of drug-likeness (QED) is 0.839. The molecule has 1 aliphatic heterocycles. The molecule has 1 fully saturated rings. The summed E-state index contributed by atoms with van der Waals surface area (Å²) in [5.74, 6) is 0.163. The molecule has 116 valence electrons. The molecule has 1 amide bonds. The average Bonchev–Trinajstić information content (AvgIpc) is 2.54. The number of hydrogen-bond acceptors (Lipinski definition) is 3. The van der Waals surface area contributed by atoms with Gasteiger partial charge in [-0.2, -0.15) is 0 Å². The molecule has 1 aromatic heterocycles. The summed E-state index contributed by atoms with van der Waals surface area (Å²) in [5, 5.41) is 3.14. The number of rotatable bonds is 7. The number of likely N-dealkylation sites (tertiary alicyclic amines) is 1. The maximum atomic E-state index is 12.1. The largest absolute Gasteiger partial charge is 0.349 e. The van der Waals surface area contributed by atoms with E-state index in [0.29, 0.717) is 6.42 Å². The zero-order valence-corrected chi connectivity index (χ0v) is 13.1. The first-order chi connectivity index (χ1) is 10.3. The number of hydrogen-bond donors (Lipinski definition) is 1. The van der Waals surface area contributed by atoms with Crippen LogP contribution in [0.1, 0.15) is 57.1 Å². The number of carbonyl (C=O) groups is 1. The van der Waals surface area contributed by atoms with E-state index in [2.05, 4.69) is 22.1 Å². The van der Waals surface area contributed by atoms with Crippen molar-refractivity contribution in [3.8, 4) is 0 Å². The lowest BCUT2D eigenvalue weighted by atomic mass is 10.1. The third-order valence-electron chi connectivity index (χ3n) is 4.18. The molecule has 0 unspecified atom stereocenters. The Bertz CT molecular complexity index is 415. The Morgan fingerprint density at radius 1 is 1.29 bits per heavy atom. The molecule has 1 aromatic rings. The summed E-state index contributed by atoms with van der Waals surface area (Å²) in [6.45, 7) is 5.56. The molecule has 21 heavy (non-hydrogen) atoms. The summed E-state index contributed by atoms with van der Waals surface area (Å²) in [4.78, 5) is 18.6. The van der Waals surface area contributed by atoms with E-state index in [0.717, 1.165) is 24.9 Å². The van der Waals surface area contributed by atoms with Crippen molar-refractivity contribution in [3.05, 3.63) is 30.1 Å². The van der Waals surface area contributed by atoms with Crippen molar-refractivity contribution in [2.75, 3.05) is 19.6 Å². The van der Waals surface area contributed by atoms with Gasteiger partial charge in [0.1, 0.15) is 0 Å². The van der Waals surface area contributed by atoms with Gasteiger partial charge in [0.2, 0.25) is 5.91 Å². The Kier molecular flexibility index (Phi) is 6.67. The van der Waals surface area contributed by atoms with Crippen molar-refractivity contribution >= 4 is 5.91 Å². The van der Waals surface area contributed by atoms with E-state index in [1.54, 1.807) is 12.4 Å². The van der Waals surface area contributed by atoms with Crippen LogP contribution in [0, 0.1) is 0 Å². The van der Waals surface area contributed by atoms with Crippen LogP contribution in [0.4, 0.5) is 0 Å². The van der Waals surface area contributed by atoms with E-state index in [1.165, 1.54) is 32.4 Å². The fourth-order valence-electron chi connectivity index (χ4n) is 2.93. The van der Waals surface area contributed by atoms with Gasteiger partial charge >= 0.3 is 0 Å². The van der Waals surface area contributed by atoms with Gasteiger partial charge in [0, 0.05) is 18.8 Å². The van der Waals surface area contributed by atoms with Crippen LogP contribution in [-0.2, 0) is 4.79 Å². The molecule has 0 aliphatic carbocycles. The van der Waals surface area contributed by atoms with Gasteiger partial charge in [-0.05, 0) is 63.0 Å². The van der Waals surface area contributed by atoms with Crippen LogP contribution in [0.3, 0.4) is 0 Å². The fourth-order valence-corrected chi connectivity index (χ4v) is 2.93. The topological polar surface area (TPSA) is 45.2 Å². The van der Waals surface area contributed by atoms with Crippen LogP contribution in [0.15, 0.2) is 24.5 Å². The van der Waals surface area contributed by atoms with Crippen molar-refractivity contribution in [1.82, 2.24) is 15.2 Å². The highest BCUT2D eigenvalue weighted by Crippen LogP contribution is 2.15. The Labute approximate surface area is 127 Å². The molecule has 2 rings (SSSR count). The van der Waals surface area contributed by atoms with Crippen LogP contribution in [0.2, 0.25) is 0 Å². The number of amides is 1. The summed E-state index contributed by atoms with van der Waals surface area (Å²) >= 11 is 0. The second-order valence-corrected chi connectivity index (χ2v) is 5.81. The molecule has 0 bridgehead atoms. The molecular weight excluding hydrogens is 262 g/mol. The van der Waals surface area contributed by atoms with Crippen molar-refractivity contribution in [2.45, 2.75) is 51.5 Å². The predicted octanol–water partition coefficient (Wildman–Crippen LogP) is 2.92.